The van der Waals surface area contributed by atoms with Crippen LogP contribution in [0.1, 0.15) is 33.6 Å². The molecule has 0 saturated carbocycles. The molecular formula is C10H23NS. The molecule has 1 N–H and O–H groups in total. The minimum atomic E-state index is 0.666. The van der Waals surface area contributed by atoms with Gasteiger partial charge in [-0.25, -0.2) is 0 Å². The molecule has 0 bridgehead atoms. The Labute approximate surface area is 81.7 Å². The lowest BCUT2D eigenvalue weighted by atomic mass is 10.1. The maximum absolute atomic E-state index is 3.53. The standard InChI is InChI=1S/C10H23NS/c1-9(2)10(3)11-7-5-6-8-12-4/h9-11H,5-8H2,1-4H3. The first-order chi connectivity index (χ1) is 5.68. The van der Waals surface area contributed by atoms with Gasteiger partial charge >= 0.3 is 0 Å². The maximum atomic E-state index is 3.53. The van der Waals surface area contributed by atoms with Gasteiger partial charge in [0, 0.05) is 6.04 Å². The Morgan fingerprint density at radius 2 is 1.83 bits per heavy atom. The van der Waals surface area contributed by atoms with Gasteiger partial charge < -0.3 is 5.32 Å². The van der Waals surface area contributed by atoms with Gasteiger partial charge in [0.2, 0.25) is 0 Å². The minimum absolute atomic E-state index is 0.666. The topological polar surface area (TPSA) is 12.0 Å². The molecule has 0 fully saturated rings. The summed E-state index contributed by atoms with van der Waals surface area (Å²) < 4.78 is 0. The van der Waals surface area contributed by atoms with Crippen molar-refractivity contribution in [1.82, 2.24) is 5.32 Å². The number of rotatable bonds is 7. The molecule has 74 valence electrons. The van der Waals surface area contributed by atoms with Gasteiger partial charge in [0.25, 0.3) is 0 Å². The van der Waals surface area contributed by atoms with Crippen LogP contribution in [0.15, 0.2) is 0 Å². The highest BCUT2D eigenvalue weighted by Gasteiger charge is 2.04. The molecule has 0 rings (SSSR count). The van der Waals surface area contributed by atoms with E-state index in [9.17, 15) is 0 Å². The number of hydrogen-bond acceptors (Lipinski definition) is 2. The zero-order chi connectivity index (χ0) is 9.40. The fraction of sp³-hybridized carbons (Fsp3) is 1.00. The monoisotopic (exact) mass is 189 g/mol. The third kappa shape index (κ3) is 6.99. The Balaban J connectivity index is 3.08. The van der Waals surface area contributed by atoms with E-state index in [1.54, 1.807) is 0 Å². The summed E-state index contributed by atoms with van der Waals surface area (Å²) in [6.45, 7) is 7.97. The van der Waals surface area contributed by atoms with Crippen LogP contribution in [0.2, 0.25) is 0 Å². The fourth-order valence-corrected chi connectivity index (χ4v) is 1.43. The van der Waals surface area contributed by atoms with Crippen LogP contribution in [0.25, 0.3) is 0 Å². The molecule has 2 heteroatoms. The molecule has 0 aliphatic carbocycles. The second kappa shape index (κ2) is 7.93. The summed E-state index contributed by atoms with van der Waals surface area (Å²) >= 11 is 1.94. The average molecular weight is 189 g/mol. The smallest absolute Gasteiger partial charge is 0.00617 e. The van der Waals surface area contributed by atoms with Crippen LogP contribution in [-0.2, 0) is 0 Å². The van der Waals surface area contributed by atoms with Crippen LogP contribution < -0.4 is 5.32 Å². The van der Waals surface area contributed by atoms with Crippen LogP contribution in [0.5, 0.6) is 0 Å². The van der Waals surface area contributed by atoms with Crippen molar-refractivity contribution in [3.8, 4) is 0 Å². The Kier molecular flexibility index (Phi) is 8.14. The molecule has 0 aromatic carbocycles. The molecule has 1 nitrogen and oxygen atoms in total. The molecule has 0 saturated heterocycles. The second-order valence-corrected chi connectivity index (χ2v) is 4.67. The van der Waals surface area contributed by atoms with Gasteiger partial charge in [-0.2, -0.15) is 11.8 Å². The van der Waals surface area contributed by atoms with Crippen molar-refractivity contribution in [2.75, 3.05) is 18.6 Å². The molecule has 0 radical (unpaired) electrons. The molecular weight excluding hydrogens is 166 g/mol. The van der Waals surface area contributed by atoms with E-state index < -0.39 is 0 Å². The number of thioether (sulfide) groups is 1. The quantitative estimate of drug-likeness (QED) is 0.618. The third-order valence-corrected chi connectivity index (χ3v) is 2.94. The van der Waals surface area contributed by atoms with E-state index in [0.717, 1.165) is 5.92 Å². The normalized spacial score (nSPS) is 13.8. The van der Waals surface area contributed by atoms with Gasteiger partial charge in [-0.15, -0.1) is 0 Å². The van der Waals surface area contributed by atoms with E-state index in [-0.39, 0.29) is 0 Å². The molecule has 0 aromatic heterocycles. The van der Waals surface area contributed by atoms with Gasteiger partial charge in [-0.3, -0.25) is 0 Å². The van der Waals surface area contributed by atoms with E-state index in [1.807, 2.05) is 11.8 Å². The first-order valence-corrected chi connectivity index (χ1v) is 6.30. The Bertz CT molecular complexity index is 93.8. The molecule has 0 spiro atoms. The highest BCUT2D eigenvalue weighted by Crippen LogP contribution is 2.01. The second-order valence-electron chi connectivity index (χ2n) is 3.69. The van der Waals surface area contributed by atoms with E-state index in [1.165, 1.54) is 25.1 Å². The summed E-state index contributed by atoms with van der Waals surface area (Å²) in [6.07, 6.45) is 4.83. The van der Waals surface area contributed by atoms with Crippen molar-refractivity contribution in [1.29, 1.82) is 0 Å². The predicted octanol–water partition coefficient (Wildman–Crippen LogP) is 2.76. The van der Waals surface area contributed by atoms with Crippen molar-refractivity contribution in [2.45, 2.75) is 39.7 Å². The fourth-order valence-electron chi connectivity index (χ4n) is 0.937. The highest BCUT2D eigenvalue weighted by molar-refractivity contribution is 7.98. The number of nitrogens with one attached hydrogen (secondary N) is 1. The predicted molar refractivity (Wildman–Crippen MR) is 59.9 cm³/mol. The number of unbranched alkanes of at least 4 members (excludes halogenated alkanes) is 1. The zero-order valence-corrected chi connectivity index (χ0v) is 9.71. The summed E-state index contributed by atoms with van der Waals surface area (Å²) in [5, 5.41) is 3.53. The molecule has 0 amide bonds. The summed E-state index contributed by atoms with van der Waals surface area (Å²) in [5.74, 6) is 2.06. The van der Waals surface area contributed by atoms with Crippen molar-refractivity contribution >= 4 is 11.8 Å². The molecule has 0 aliphatic heterocycles. The highest BCUT2D eigenvalue weighted by atomic mass is 32.2. The van der Waals surface area contributed by atoms with Crippen LogP contribution >= 0.6 is 11.8 Å². The first kappa shape index (κ1) is 12.3. The Morgan fingerprint density at radius 3 is 2.33 bits per heavy atom. The van der Waals surface area contributed by atoms with E-state index >= 15 is 0 Å². The molecule has 0 heterocycles. The van der Waals surface area contributed by atoms with Gasteiger partial charge in [0.05, 0.1) is 0 Å². The molecule has 0 aromatic rings. The van der Waals surface area contributed by atoms with Crippen molar-refractivity contribution in [3.63, 3.8) is 0 Å². The van der Waals surface area contributed by atoms with Gasteiger partial charge in [-0.05, 0) is 44.2 Å². The largest absolute Gasteiger partial charge is 0.314 e. The van der Waals surface area contributed by atoms with Gasteiger partial charge in [-0.1, -0.05) is 13.8 Å². The van der Waals surface area contributed by atoms with Gasteiger partial charge in [0.1, 0.15) is 0 Å². The first-order valence-electron chi connectivity index (χ1n) is 4.90. The lowest BCUT2D eigenvalue weighted by Gasteiger charge is -2.16. The number of hydrogen-bond donors (Lipinski definition) is 1. The van der Waals surface area contributed by atoms with Crippen molar-refractivity contribution < 1.29 is 0 Å². The summed E-state index contributed by atoms with van der Waals surface area (Å²) in [5.41, 5.74) is 0. The van der Waals surface area contributed by atoms with E-state index in [4.69, 9.17) is 0 Å². The van der Waals surface area contributed by atoms with Crippen LogP contribution in [0, 0.1) is 5.92 Å². The van der Waals surface area contributed by atoms with Crippen LogP contribution in [0.4, 0.5) is 0 Å². The van der Waals surface area contributed by atoms with Crippen molar-refractivity contribution in [3.05, 3.63) is 0 Å². The van der Waals surface area contributed by atoms with Crippen LogP contribution in [-0.4, -0.2) is 24.6 Å². The third-order valence-electron chi connectivity index (χ3n) is 2.24. The molecule has 1 atom stereocenters. The SMILES string of the molecule is CSCCCCNC(C)C(C)C. The maximum Gasteiger partial charge on any atom is 0.00617 e. The molecule has 1 unspecified atom stereocenters. The van der Waals surface area contributed by atoms with Gasteiger partial charge in [0.15, 0.2) is 0 Å². The van der Waals surface area contributed by atoms with Crippen LogP contribution in [0.3, 0.4) is 0 Å². The van der Waals surface area contributed by atoms with E-state index in [2.05, 4.69) is 32.3 Å². The lowest BCUT2D eigenvalue weighted by molar-refractivity contribution is 0.424. The summed E-state index contributed by atoms with van der Waals surface area (Å²) in [4.78, 5) is 0. The average Bonchev–Trinajstić information content (AvgIpc) is 2.03. The molecule has 0 aliphatic rings. The Morgan fingerprint density at radius 1 is 1.17 bits per heavy atom. The lowest BCUT2D eigenvalue weighted by Crippen LogP contribution is -2.31. The summed E-state index contributed by atoms with van der Waals surface area (Å²) in [6, 6.07) is 0.666. The Hall–Kier alpha value is 0.310. The zero-order valence-electron chi connectivity index (χ0n) is 8.89. The minimum Gasteiger partial charge on any atom is -0.314 e. The van der Waals surface area contributed by atoms with Crippen molar-refractivity contribution in [2.24, 2.45) is 5.92 Å². The van der Waals surface area contributed by atoms with E-state index in [0.29, 0.717) is 6.04 Å². The molecule has 12 heavy (non-hydrogen) atoms. The summed E-state index contributed by atoms with van der Waals surface area (Å²) in [7, 11) is 0.